The maximum absolute atomic E-state index is 13.6. The molecule has 0 aromatic heterocycles. The van der Waals surface area contributed by atoms with Crippen molar-refractivity contribution in [3.63, 3.8) is 0 Å². The number of anilines is 1. The minimum Gasteiger partial charge on any atom is -0.444 e. The summed E-state index contributed by atoms with van der Waals surface area (Å²) in [5, 5.41) is 0.310. The Balaban J connectivity index is 1.91. The van der Waals surface area contributed by atoms with Crippen molar-refractivity contribution in [1.82, 2.24) is 14.1 Å². The lowest BCUT2D eigenvalue weighted by atomic mass is 10.1. The zero-order valence-electron chi connectivity index (χ0n) is 24.6. The Morgan fingerprint density at radius 3 is 2.42 bits per heavy atom. The average molecular weight is 649 g/mol. The Morgan fingerprint density at radius 2 is 1.84 bits per heavy atom. The van der Waals surface area contributed by atoms with E-state index in [9.17, 15) is 31.2 Å². The Hall–Kier alpha value is -3.23. The minimum atomic E-state index is -5.11. The van der Waals surface area contributed by atoms with Crippen molar-refractivity contribution in [1.29, 1.82) is 0 Å². The third-order valence-corrected chi connectivity index (χ3v) is 8.63. The van der Waals surface area contributed by atoms with Gasteiger partial charge in [-0.2, -0.15) is 0 Å². The van der Waals surface area contributed by atoms with Gasteiger partial charge in [-0.25, -0.2) is 17.5 Å². The van der Waals surface area contributed by atoms with Crippen LogP contribution in [-0.2, 0) is 27.8 Å². The summed E-state index contributed by atoms with van der Waals surface area (Å²) in [5.41, 5.74) is 5.20. The van der Waals surface area contributed by atoms with Gasteiger partial charge in [0.05, 0.1) is 17.9 Å². The second kappa shape index (κ2) is 13.2. The molecule has 0 radical (unpaired) electrons. The fraction of sp³-hybridized carbons (Fsp3) is 0.500. The van der Waals surface area contributed by atoms with Crippen LogP contribution in [0.3, 0.4) is 0 Å². The van der Waals surface area contributed by atoms with Crippen LogP contribution in [0.1, 0.15) is 55.6 Å². The number of rotatable bonds is 9. The number of likely N-dealkylation sites (tertiary alicyclic amines) is 1. The first-order valence-electron chi connectivity index (χ1n) is 13.4. The van der Waals surface area contributed by atoms with E-state index in [-0.39, 0.29) is 23.8 Å². The molecule has 1 heterocycles. The van der Waals surface area contributed by atoms with E-state index >= 15 is 0 Å². The van der Waals surface area contributed by atoms with E-state index in [4.69, 9.17) is 22.1 Å². The van der Waals surface area contributed by atoms with Crippen LogP contribution >= 0.6 is 11.6 Å². The molecule has 1 fully saturated rings. The fourth-order valence-electron chi connectivity index (χ4n) is 4.56. The van der Waals surface area contributed by atoms with Crippen LogP contribution in [0.25, 0.3) is 0 Å². The SMILES string of the molecule is CCS(=O)(=O)N(Cc1cccc(Cl)c1)C(=O)c1cc(OC(F)(F)F)c(CN2CCC(N(C)C(=O)OC(C)(C)C)C2)cc1N. The molecule has 1 saturated heterocycles. The highest BCUT2D eigenvalue weighted by Gasteiger charge is 2.36. The second-order valence-electron chi connectivity index (χ2n) is 11.2. The number of nitrogens with zero attached hydrogens (tertiary/aromatic N) is 3. The quantitative estimate of drug-likeness (QED) is 0.366. The highest BCUT2D eigenvalue weighted by atomic mass is 35.5. The van der Waals surface area contributed by atoms with Crippen LogP contribution in [0.4, 0.5) is 23.7 Å². The van der Waals surface area contributed by atoms with E-state index in [1.165, 1.54) is 24.0 Å². The molecule has 1 aliphatic rings. The van der Waals surface area contributed by atoms with Gasteiger partial charge in [0.2, 0.25) is 10.0 Å². The predicted octanol–water partition coefficient (Wildman–Crippen LogP) is 5.25. The Bertz CT molecular complexity index is 1450. The number of carbonyl (C=O) groups excluding carboxylic acids is 2. The van der Waals surface area contributed by atoms with Gasteiger partial charge in [-0.05, 0) is 63.9 Å². The zero-order chi connectivity index (χ0) is 32.3. The number of likely N-dealkylation sites (N-methyl/N-ethyl adjacent to an activating group) is 1. The van der Waals surface area contributed by atoms with Crippen molar-refractivity contribution in [3.05, 3.63) is 58.1 Å². The Morgan fingerprint density at radius 1 is 1.16 bits per heavy atom. The van der Waals surface area contributed by atoms with Gasteiger partial charge in [0.15, 0.2) is 0 Å². The average Bonchev–Trinajstić information content (AvgIpc) is 3.34. The highest BCUT2D eigenvalue weighted by molar-refractivity contribution is 7.89. The molecule has 1 unspecified atom stereocenters. The first-order valence-corrected chi connectivity index (χ1v) is 15.4. The van der Waals surface area contributed by atoms with Crippen LogP contribution in [0.15, 0.2) is 36.4 Å². The molecule has 2 aromatic carbocycles. The molecular formula is C28H36ClF3N4O6S. The van der Waals surface area contributed by atoms with Crippen molar-refractivity contribution in [2.75, 3.05) is 31.6 Å². The molecule has 0 aliphatic carbocycles. The largest absolute Gasteiger partial charge is 0.573 e. The van der Waals surface area contributed by atoms with Gasteiger partial charge in [0.1, 0.15) is 11.4 Å². The maximum Gasteiger partial charge on any atom is 0.573 e. The highest BCUT2D eigenvalue weighted by Crippen LogP contribution is 2.34. The van der Waals surface area contributed by atoms with Crippen molar-refractivity contribution >= 4 is 39.3 Å². The summed E-state index contributed by atoms with van der Waals surface area (Å²) in [6, 6.07) is 7.92. The van der Waals surface area contributed by atoms with E-state index in [2.05, 4.69) is 4.74 Å². The minimum absolute atomic E-state index is 0.0340. The molecule has 0 saturated carbocycles. The second-order valence-corrected chi connectivity index (χ2v) is 13.8. The predicted molar refractivity (Wildman–Crippen MR) is 156 cm³/mol. The number of alkyl halides is 3. The molecule has 2 aromatic rings. The number of nitrogens with two attached hydrogens (primary N) is 1. The van der Waals surface area contributed by atoms with Crippen LogP contribution in [0.5, 0.6) is 5.75 Å². The third-order valence-electron chi connectivity index (χ3n) is 6.70. The number of halogens is 4. The molecule has 2 N–H and O–H groups in total. The van der Waals surface area contributed by atoms with Gasteiger partial charge >= 0.3 is 12.5 Å². The molecule has 3 rings (SSSR count). The molecule has 10 nitrogen and oxygen atoms in total. The van der Waals surface area contributed by atoms with Gasteiger partial charge in [-0.15, -0.1) is 13.2 Å². The van der Waals surface area contributed by atoms with Crippen molar-refractivity contribution < 1.29 is 40.7 Å². The summed E-state index contributed by atoms with van der Waals surface area (Å²) >= 11 is 6.01. The first kappa shape index (κ1) is 34.3. The summed E-state index contributed by atoms with van der Waals surface area (Å²) in [7, 11) is -2.58. The lowest BCUT2D eigenvalue weighted by molar-refractivity contribution is -0.275. The molecule has 1 atom stereocenters. The smallest absolute Gasteiger partial charge is 0.444 e. The van der Waals surface area contributed by atoms with Crippen LogP contribution in [0, 0.1) is 0 Å². The fourth-order valence-corrected chi connectivity index (χ4v) is 5.78. The van der Waals surface area contributed by atoms with E-state index < -0.39 is 57.6 Å². The molecule has 0 bridgehead atoms. The van der Waals surface area contributed by atoms with Gasteiger partial charge < -0.3 is 20.1 Å². The summed E-state index contributed by atoms with van der Waals surface area (Å²) < 4.78 is 76.4. The molecule has 238 valence electrons. The van der Waals surface area contributed by atoms with Crippen molar-refractivity contribution in [3.8, 4) is 5.75 Å². The number of carbonyl (C=O) groups is 2. The number of amides is 2. The lowest BCUT2D eigenvalue weighted by Gasteiger charge is -2.28. The summed E-state index contributed by atoms with van der Waals surface area (Å²) in [4.78, 5) is 29.3. The molecule has 2 amide bonds. The van der Waals surface area contributed by atoms with E-state index in [1.807, 2.05) is 4.90 Å². The van der Waals surface area contributed by atoms with Crippen LogP contribution < -0.4 is 10.5 Å². The molecule has 1 aliphatic heterocycles. The Labute approximate surface area is 254 Å². The van der Waals surface area contributed by atoms with E-state index in [0.29, 0.717) is 34.4 Å². The zero-order valence-corrected chi connectivity index (χ0v) is 26.1. The summed E-state index contributed by atoms with van der Waals surface area (Å²) in [5.74, 6) is -2.25. The first-order chi connectivity index (χ1) is 19.8. The molecular weight excluding hydrogens is 613 g/mol. The van der Waals surface area contributed by atoms with Gasteiger partial charge in [0.25, 0.3) is 5.91 Å². The van der Waals surface area contributed by atoms with E-state index in [0.717, 1.165) is 6.07 Å². The van der Waals surface area contributed by atoms with Gasteiger partial charge in [-0.3, -0.25) is 9.69 Å². The van der Waals surface area contributed by atoms with Crippen molar-refractivity contribution in [2.24, 2.45) is 0 Å². The standard InChI is InChI=1S/C28H36ClF3N4O6S/c1-6-43(39,40)36(15-18-8-7-9-20(29)12-18)25(37)22-14-24(41-28(30,31)32)19(13-23(22)33)16-35-11-10-21(17-35)34(5)26(38)42-27(2,3)4/h7-9,12-14,21H,6,10-11,15-17,33H2,1-5H3. The maximum atomic E-state index is 13.6. The van der Waals surface area contributed by atoms with Crippen LogP contribution in [0.2, 0.25) is 5.02 Å². The normalized spacial score (nSPS) is 16.2. The number of hydrogen-bond acceptors (Lipinski definition) is 8. The van der Waals surface area contributed by atoms with Gasteiger partial charge in [-0.1, -0.05) is 23.7 Å². The number of ether oxygens (including phenoxy) is 2. The van der Waals surface area contributed by atoms with E-state index in [1.54, 1.807) is 46.0 Å². The van der Waals surface area contributed by atoms with Crippen LogP contribution in [-0.4, -0.2) is 78.4 Å². The molecule has 43 heavy (non-hydrogen) atoms. The number of benzene rings is 2. The Kier molecular flexibility index (Phi) is 10.5. The number of nitrogen functional groups attached to an aromatic ring is 1. The molecule has 0 spiro atoms. The summed E-state index contributed by atoms with van der Waals surface area (Å²) in [6.45, 7) is 6.91. The number of sulfonamides is 1. The third kappa shape index (κ3) is 9.38. The number of hydrogen-bond donors (Lipinski definition) is 1. The monoisotopic (exact) mass is 648 g/mol. The van der Waals surface area contributed by atoms with Gasteiger partial charge in [0, 0.05) is 49.0 Å². The topological polar surface area (TPSA) is 122 Å². The molecule has 15 heteroatoms. The summed E-state index contributed by atoms with van der Waals surface area (Å²) in [6.07, 6.45) is -5.08. The lowest BCUT2D eigenvalue weighted by Crippen LogP contribution is -2.42. The van der Waals surface area contributed by atoms with Crippen molar-refractivity contribution in [2.45, 2.75) is 65.2 Å².